The number of rotatable bonds is 3. The van der Waals surface area contributed by atoms with Gasteiger partial charge < -0.3 is 5.32 Å². The number of pyridine rings is 1. The van der Waals surface area contributed by atoms with Gasteiger partial charge in [0.1, 0.15) is 0 Å². The molecule has 0 saturated heterocycles. The molecule has 1 N–H and O–H groups in total. The molecule has 0 spiro atoms. The van der Waals surface area contributed by atoms with Crippen LogP contribution < -0.4 is 5.32 Å². The summed E-state index contributed by atoms with van der Waals surface area (Å²) in [5, 5.41) is 15.0. The van der Waals surface area contributed by atoms with Gasteiger partial charge in [-0.1, -0.05) is 6.07 Å². The van der Waals surface area contributed by atoms with Crippen LogP contribution in [0.4, 0.5) is 0 Å². The van der Waals surface area contributed by atoms with Gasteiger partial charge in [-0.2, -0.15) is 5.10 Å². The SMILES string of the molecule is O=C(NCc1nnc2ccccn12)c1cnc2ccnn2c1. The van der Waals surface area contributed by atoms with Crippen molar-refractivity contribution in [3.8, 4) is 0 Å². The number of fused-ring (bicyclic) bond motifs is 2. The average molecular weight is 293 g/mol. The molecule has 4 heterocycles. The molecule has 1 amide bonds. The van der Waals surface area contributed by atoms with Gasteiger partial charge in [0, 0.05) is 24.7 Å². The van der Waals surface area contributed by atoms with Gasteiger partial charge in [-0.15, -0.1) is 10.2 Å². The number of hydrogen-bond donors (Lipinski definition) is 1. The Bertz CT molecular complexity index is 971. The van der Waals surface area contributed by atoms with E-state index in [0.717, 1.165) is 5.65 Å². The summed E-state index contributed by atoms with van der Waals surface area (Å²) in [6.45, 7) is 0.279. The zero-order valence-corrected chi connectivity index (χ0v) is 11.4. The molecule has 4 aromatic heterocycles. The highest BCUT2D eigenvalue weighted by atomic mass is 16.1. The predicted molar refractivity (Wildman–Crippen MR) is 77.1 cm³/mol. The third-order valence-corrected chi connectivity index (χ3v) is 3.30. The van der Waals surface area contributed by atoms with Crippen LogP contribution in [0.15, 0.2) is 49.1 Å². The van der Waals surface area contributed by atoms with Gasteiger partial charge in [-0.05, 0) is 12.1 Å². The summed E-state index contributed by atoms with van der Waals surface area (Å²) in [5.74, 6) is 0.426. The van der Waals surface area contributed by atoms with Crippen LogP contribution in [0, 0.1) is 0 Å². The summed E-state index contributed by atoms with van der Waals surface area (Å²) in [5.41, 5.74) is 1.87. The second-order valence-corrected chi connectivity index (χ2v) is 4.70. The predicted octanol–water partition coefficient (Wildman–Crippen LogP) is 0.702. The van der Waals surface area contributed by atoms with Crippen LogP contribution in [0.25, 0.3) is 11.3 Å². The molecule has 4 aromatic rings. The standard InChI is InChI=1S/C14H11N7O/c22-14(10-7-15-11-4-5-17-21(11)9-10)16-8-13-19-18-12-3-1-2-6-20(12)13/h1-7,9H,8H2,(H,16,22). The molecule has 0 radical (unpaired) electrons. The van der Waals surface area contributed by atoms with Crippen LogP contribution in [-0.2, 0) is 6.54 Å². The van der Waals surface area contributed by atoms with E-state index in [2.05, 4.69) is 25.6 Å². The Hall–Kier alpha value is -3.29. The highest BCUT2D eigenvalue weighted by molar-refractivity contribution is 5.93. The summed E-state index contributed by atoms with van der Waals surface area (Å²) >= 11 is 0. The zero-order chi connectivity index (χ0) is 14.9. The molecular formula is C14H11N7O. The lowest BCUT2D eigenvalue weighted by atomic mass is 10.3. The van der Waals surface area contributed by atoms with Crippen molar-refractivity contribution in [1.29, 1.82) is 0 Å². The van der Waals surface area contributed by atoms with Gasteiger partial charge in [0.25, 0.3) is 5.91 Å². The molecule has 0 aliphatic heterocycles. The van der Waals surface area contributed by atoms with E-state index in [-0.39, 0.29) is 12.5 Å². The molecule has 0 aliphatic rings. The Kier molecular flexibility index (Phi) is 2.78. The minimum atomic E-state index is -0.238. The Morgan fingerprint density at radius 1 is 1.18 bits per heavy atom. The molecule has 0 aliphatic carbocycles. The quantitative estimate of drug-likeness (QED) is 0.600. The van der Waals surface area contributed by atoms with Gasteiger partial charge >= 0.3 is 0 Å². The molecule has 0 unspecified atom stereocenters. The first-order chi connectivity index (χ1) is 10.8. The smallest absolute Gasteiger partial charge is 0.254 e. The van der Waals surface area contributed by atoms with Crippen molar-refractivity contribution < 1.29 is 4.79 Å². The van der Waals surface area contributed by atoms with Crippen molar-refractivity contribution >= 4 is 17.2 Å². The Labute approximate surface area is 124 Å². The number of hydrogen-bond acceptors (Lipinski definition) is 5. The van der Waals surface area contributed by atoms with Gasteiger partial charge in [0.2, 0.25) is 0 Å². The van der Waals surface area contributed by atoms with Crippen LogP contribution in [0.5, 0.6) is 0 Å². The first-order valence-electron chi connectivity index (χ1n) is 6.67. The maximum absolute atomic E-state index is 12.2. The summed E-state index contributed by atoms with van der Waals surface area (Å²) in [6.07, 6.45) is 6.65. The molecular weight excluding hydrogens is 282 g/mol. The highest BCUT2D eigenvalue weighted by Gasteiger charge is 2.10. The lowest BCUT2D eigenvalue weighted by molar-refractivity contribution is 0.0949. The molecule has 0 aromatic carbocycles. The summed E-state index contributed by atoms with van der Waals surface area (Å²) in [4.78, 5) is 16.4. The third kappa shape index (κ3) is 2.06. The van der Waals surface area contributed by atoms with E-state index >= 15 is 0 Å². The molecule has 0 atom stereocenters. The lowest BCUT2D eigenvalue weighted by Crippen LogP contribution is -2.24. The Morgan fingerprint density at radius 3 is 3.09 bits per heavy atom. The molecule has 22 heavy (non-hydrogen) atoms. The number of nitrogens with one attached hydrogen (secondary N) is 1. The van der Waals surface area contributed by atoms with E-state index in [4.69, 9.17) is 0 Å². The van der Waals surface area contributed by atoms with Crippen molar-refractivity contribution in [3.05, 3.63) is 60.4 Å². The number of carbonyl (C=O) groups excluding carboxylic acids is 1. The topological polar surface area (TPSA) is 89.5 Å². The van der Waals surface area contributed by atoms with E-state index in [0.29, 0.717) is 17.0 Å². The fraction of sp³-hybridized carbons (Fsp3) is 0.0714. The largest absolute Gasteiger partial charge is 0.345 e. The van der Waals surface area contributed by atoms with E-state index in [9.17, 15) is 4.79 Å². The highest BCUT2D eigenvalue weighted by Crippen LogP contribution is 2.04. The van der Waals surface area contributed by atoms with E-state index in [1.54, 1.807) is 23.0 Å². The normalized spacial score (nSPS) is 11.1. The van der Waals surface area contributed by atoms with Gasteiger partial charge in [-0.25, -0.2) is 9.50 Å². The lowest BCUT2D eigenvalue weighted by Gasteiger charge is -2.04. The second kappa shape index (κ2) is 4.92. The summed E-state index contributed by atoms with van der Waals surface area (Å²) < 4.78 is 3.39. The molecule has 8 nitrogen and oxygen atoms in total. The Morgan fingerprint density at radius 2 is 2.14 bits per heavy atom. The van der Waals surface area contributed by atoms with Gasteiger partial charge in [0.05, 0.1) is 18.3 Å². The molecule has 108 valence electrons. The number of amides is 1. The minimum Gasteiger partial charge on any atom is -0.345 e. The molecule has 8 heteroatoms. The van der Waals surface area contributed by atoms with Crippen molar-refractivity contribution in [1.82, 2.24) is 34.5 Å². The summed E-state index contributed by atoms with van der Waals surface area (Å²) in [7, 11) is 0. The molecule has 0 saturated carbocycles. The molecule has 0 bridgehead atoms. The van der Waals surface area contributed by atoms with Gasteiger partial charge in [-0.3, -0.25) is 9.20 Å². The van der Waals surface area contributed by atoms with E-state index < -0.39 is 0 Å². The fourth-order valence-corrected chi connectivity index (χ4v) is 2.20. The van der Waals surface area contributed by atoms with Crippen LogP contribution >= 0.6 is 0 Å². The molecule has 0 fully saturated rings. The fourth-order valence-electron chi connectivity index (χ4n) is 2.20. The van der Waals surface area contributed by atoms with Crippen molar-refractivity contribution in [2.24, 2.45) is 0 Å². The van der Waals surface area contributed by atoms with Gasteiger partial charge in [0.15, 0.2) is 17.1 Å². The Balaban J connectivity index is 1.54. The second-order valence-electron chi connectivity index (χ2n) is 4.70. The molecule has 4 rings (SSSR count). The van der Waals surface area contributed by atoms with Crippen LogP contribution in [-0.4, -0.2) is 35.1 Å². The van der Waals surface area contributed by atoms with Crippen molar-refractivity contribution in [2.45, 2.75) is 6.54 Å². The third-order valence-electron chi connectivity index (χ3n) is 3.30. The van der Waals surface area contributed by atoms with Crippen molar-refractivity contribution in [3.63, 3.8) is 0 Å². The maximum Gasteiger partial charge on any atom is 0.254 e. The van der Waals surface area contributed by atoms with Crippen LogP contribution in [0.1, 0.15) is 16.2 Å². The zero-order valence-electron chi connectivity index (χ0n) is 11.4. The number of aromatic nitrogens is 6. The monoisotopic (exact) mass is 293 g/mol. The van der Waals surface area contributed by atoms with Crippen LogP contribution in [0.3, 0.4) is 0 Å². The minimum absolute atomic E-state index is 0.238. The summed E-state index contributed by atoms with van der Waals surface area (Å²) in [6, 6.07) is 7.40. The first-order valence-corrected chi connectivity index (χ1v) is 6.67. The van der Waals surface area contributed by atoms with E-state index in [1.807, 2.05) is 28.8 Å². The number of carbonyl (C=O) groups is 1. The van der Waals surface area contributed by atoms with Crippen molar-refractivity contribution in [2.75, 3.05) is 0 Å². The first kappa shape index (κ1) is 12.5. The number of nitrogens with zero attached hydrogens (tertiary/aromatic N) is 6. The van der Waals surface area contributed by atoms with Crippen LogP contribution in [0.2, 0.25) is 0 Å². The average Bonchev–Trinajstić information content (AvgIpc) is 3.18. The van der Waals surface area contributed by atoms with E-state index in [1.165, 1.54) is 6.20 Å². The maximum atomic E-state index is 12.2.